The van der Waals surface area contributed by atoms with Crippen LogP contribution in [0.25, 0.3) is 38.9 Å². The molecular weight excluding hydrogens is 679 g/mol. The van der Waals surface area contributed by atoms with E-state index in [0.29, 0.717) is 0 Å². The van der Waals surface area contributed by atoms with Crippen molar-refractivity contribution in [3.63, 3.8) is 0 Å². The molecule has 0 spiro atoms. The van der Waals surface area contributed by atoms with Gasteiger partial charge in [0.05, 0.1) is 6.04 Å². The fourth-order valence-electron chi connectivity index (χ4n) is 7.12. The third-order valence-electron chi connectivity index (χ3n) is 10.1. The van der Waals surface area contributed by atoms with Crippen LogP contribution in [0.5, 0.6) is 0 Å². The van der Waals surface area contributed by atoms with Gasteiger partial charge in [0.2, 0.25) is 0 Å². The van der Waals surface area contributed by atoms with Crippen LogP contribution < -0.4 is 26.4 Å². The van der Waals surface area contributed by atoms with Gasteiger partial charge in [-0.15, -0.1) is 0 Å². The van der Waals surface area contributed by atoms with E-state index in [2.05, 4.69) is 139 Å². The Kier molecular flexibility index (Phi) is 15.0. The number of nitrogens with two attached hydrogens (primary N) is 1. The Labute approximate surface area is 334 Å². The molecule has 3 nitrogen and oxygen atoms in total. The number of hydrogen-bond acceptors (Lipinski definition) is 3. The first kappa shape index (κ1) is 41.0. The highest BCUT2D eigenvalue weighted by Crippen LogP contribution is 2.40. The van der Waals surface area contributed by atoms with Crippen LogP contribution in [0.1, 0.15) is 62.9 Å². The van der Waals surface area contributed by atoms with Crippen molar-refractivity contribution in [3.8, 4) is 0 Å². The second-order valence-electron chi connectivity index (χ2n) is 13.5. The van der Waals surface area contributed by atoms with Gasteiger partial charge in [0, 0.05) is 41.6 Å². The van der Waals surface area contributed by atoms with Crippen LogP contribution in [0.3, 0.4) is 0 Å². The average Bonchev–Trinajstić information content (AvgIpc) is 3.26. The van der Waals surface area contributed by atoms with Gasteiger partial charge in [-0.1, -0.05) is 178 Å². The Morgan fingerprint density at radius 3 is 1.95 bits per heavy atom. The Hall–Kier alpha value is -6.16. The molecule has 8 rings (SSSR count). The zero-order valence-electron chi connectivity index (χ0n) is 34.1. The maximum atomic E-state index is 6.19. The lowest BCUT2D eigenvalue weighted by Crippen LogP contribution is -2.31. The quantitative estimate of drug-likeness (QED) is 0.173. The molecule has 1 aliphatic rings. The molecule has 0 aromatic heterocycles. The molecule has 7 aromatic rings. The molecule has 3 N–H and O–H groups in total. The lowest BCUT2D eigenvalue weighted by atomic mass is 9.93. The van der Waals surface area contributed by atoms with Crippen LogP contribution in [0.15, 0.2) is 176 Å². The van der Waals surface area contributed by atoms with Gasteiger partial charge in [0.1, 0.15) is 0 Å². The molecule has 3 heteroatoms. The lowest BCUT2D eigenvalue weighted by molar-refractivity contribution is 0.903. The summed E-state index contributed by atoms with van der Waals surface area (Å²) in [5.41, 5.74) is 16.0. The summed E-state index contributed by atoms with van der Waals surface area (Å²) in [6.45, 7) is 13.3. The van der Waals surface area contributed by atoms with Gasteiger partial charge in [-0.2, -0.15) is 0 Å². The Morgan fingerprint density at radius 1 is 0.625 bits per heavy atom. The lowest BCUT2D eigenvalue weighted by Gasteiger charge is -2.30. The summed E-state index contributed by atoms with van der Waals surface area (Å²) in [5.74, 6) is 0. The van der Waals surface area contributed by atoms with Crippen molar-refractivity contribution in [1.82, 2.24) is 5.32 Å². The van der Waals surface area contributed by atoms with Crippen molar-refractivity contribution in [2.75, 3.05) is 18.5 Å². The highest BCUT2D eigenvalue weighted by molar-refractivity contribution is 6.03. The molecule has 1 aliphatic heterocycles. The van der Waals surface area contributed by atoms with Crippen molar-refractivity contribution in [1.29, 1.82) is 0 Å². The number of rotatable bonds is 5. The second-order valence-corrected chi connectivity index (χ2v) is 13.5. The monoisotopic (exact) mass is 735 g/mol. The highest BCUT2D eigenvalue weighted by atomic mass is 15.1. The van der Waals surface area contributed by atoms with Crippen LogP contribution in [-0.4, -0.2) is 13.6 Å². The molecule has 0 fully saturated rings. The maximum absolute atomic E-state index is 6.19. The molecule has 1 atom stereocenters. The summed E-state index contributed by atoms with van der Waals surface area (Å²) in [7, 11) is 1.91. The number of allylic oxidation sites excluding steroid dienone is 2. The minimum Gasteiger partial charge on any atom is -0.388 e. The SMILES string of the molecule is C/C1=c2/cccc/c2=C/CN(c2cccc3c(C)cccc23)c2ccc3ccccc3c21.C/C=C\C.CC.CN/C(=C\C(N)c1ccccc1)c1ccccc1. The zero-order chi connectivity index (χ0) is 39.9. The van der Waals surface area contributed by atoms with Crippen LogP contribution in [-0.2, 0) is 0 Å². The Morgan fingerprint density at radius 2 is 1.23 bits per heavy atom. The van der Waals surface area contributed by atoms with E-state index in [1.807, 2.05) is 102 Å². The van der Waals surface area contributed by atoms with Crippen molar-refractivity contribution >= 4 is 50.3 Å². The first-order chi connectivity index (χ1) is 27.4. The van der Waals surface area contributed by atoms with E-state index in [1.165, 1.54) is 60.1 Å². The molecule has 0 saturated carbocycles. The summed E-state index contributed by atoms with van der Waals surface area (Å²) in [6, 6.07) is 55.6. The number of aryl methyl sites for hydroxylation is 1. The Bertz CT molecular complexity index is 2510. The minimum absolute atomic E-state index is 0.103. The van der Waals surface area contributed by atoms with E-state index in [0.717, 1.165) is 23.4 Å². The van der Waals surface area contributed by atoms with E-state index in [1.54, 1.807) is 0 Å². The van der Waals surface area contributed by atoms with Crippen molar-refractivity contribution in [2.24, 2.45) is 5.73 Å². The highest BCUT2D eigenvalue weighted by Gasteiger charge is 2.20. The first-order valence-electron chi connectivity index (χ1n) is 19.8. The number of fused-ring (bicyclic) bond motifs is 5. The van der Waals surface area contributed by atoms with E-state index >= 15 is 0 Å². The van der Waals surface area contributed by atoms with Gasteiger partial charge >= 0.3 is 0 Å². The summed E-state index contributed by atoms with van der Waals surface area (Å²) in [5, 5.41) is 11.0. The second kappa shape index (κ2) is 20.5. The van der Waals surface area contributed by atoms with Gasteiger partial charge in [0.15, 0.2) is 0 Å². The van der Waals surface area contributed by atoms with E-state index < -0.39 is 0 Å². The van der Waals surface area contributed by atoms with Crippen molar-refractivity contribution in [3.05, 3.63) is 209 Å². The molecule has 1 heterocycles. The summed E-state index contributed by atoms with van der Waals surface area (Å²) >= 11 is 0. The predicted molar refractivity (Wildman–Crippen MR) is 247 cm³/mol. The van der Waals surface area contributed by atoms with Crippen LogP contribution in [0, 0.1) is 6.92 Å². The number of nitrogens with one attached hydrogen (secondary N) is 1. The smallest absolute Gasteiger partial charge is 0.0504 e. The normalized spacial score (nSPS) is 14.2. The topological polar surface area (TPSA) is 41.3 Å². The molecular formula is C53H57N3. The molecule has 56 heavy (non-hydrogen) atoms. The third kappa shape index (κ3) is 9.55. The van der Waals surface area contributed by atoms with Crippen molar-refractivity contribution in [2.45, 2.75) is 47.6 Å². The van der Waals surface area contributed by atoms with Gasteiger partial charge in [-0.3, -0.25) is 0 Å². The average molecular weight is 736 g/mol. The molecule has 284 valence electrons. The largest absolute Gasteiger partial charge is 0.388 e. The molecule has 0 radical (unpaired) electrons. The molecule has 0 aliphatic carbocycles. The van der Waals surface area contributed by atoms with Gasteiger partial charge in [-0.25, -0.2) is 0 Å². The van der Waals surface area contributed by atoms with E-state index in [4.69, 9.17) is 5.73 Å². The molecule has 0 amide bonds. The summed E-state index contributed by atoms with van der Waals surface area (Å²) in [6.07, 6.45) is 8.41. The number of anilines is 2. The summed E-state index contributed by atoms with van der Waals surface area (Å²) < 4.78 is 0. The molecule has 7 aromatic carbocycles. The zero-order valence-corrected chi connectivity index (χ0v) is 34.1. The van der Waals surface area contributed by atoms with Crippen LogP contribution >= 0.6 is 0 Å². The fraction of sp³-hybridized carbons (Fsp3) is 0.170. The molecule has 1 unspecified atom stereocenters. The number of hydrogen-bond donors (Lipinski definition) is 2. The van der Waals surface area contributed by atoms with Gasteiger partial charge < -0.3 is 16.0 Å². The number of nitrogens with zero attached hydrogens (tertiary/aromatic N) is 1. The van der Waals surface area contributed by atoms with Gasteiger partial charge in [0.25, 0.3) is 0 Å². The van der Waals surface area contributed by atoms with Crippen molar-refractivity contribution < 1.29 is 0 Å². The predicted octanol–water partition coefficient (Wildman–Crippen LogP) is 12.0. The Balaban J connectivity index is 0.000000212. The number of benzene rings is 7. The summed E-state index contributed by atoms with van der Waals surface area (Å²) in [4.78, 5) is 2.49. The minimum atomic E-state index is -0.103. The molecule has 0 bridgehead atoms. The fourth-order valence-corrected chi connectivity index (χ4v) is 7.12. The third-order valence-corrected chi connectivity index (χ3v) is 10.1. The standard InChI is InChI=1S/C31H25N.C16H18N2.C4H8.C2H6/c1-21-9-7-15-28-25(21)14-8-16-29(28)32-20-19-24-11-3-5-12-26(24)22(2)31-27-13-6-4-10-23(27)17-18-30(31)32;1-18-16(14-10-6-3-7-11-14)12-15(17)13-8-4-2-5-9-13;1-3-4-2;1-2/h3-19H,20H2,1-2H3;2-12,15,18H,17H2,1H3;3-4H,1-2H3;1-2H3/b24-19-,26-22+;16-12-;4-3-;. The van der Waals surface area contributed by atoms with E-state index in [9.17, 15) is 0 Å². The maximum Gasteiger partial charge on any atom is 0.0504 e. The van der Waals surface area contributed by atoms with Crippen LogP contribution in [0.2, 0.25) is 0 Å². The molecule has 0 saturated heterocycles. The van der Waals surface area contributed by atoms with Gasteiger partial charge in [-0.05, 0) is 94.8 Å². The van der Waals surface area contributed by atoms with Crippen LogP contribution in [0.4, 0.5) is 11.4 Å². The first-order valence-corrected chi connectivity index (χ1v) is 19.8. The van der Waals surface area contributed by atoms with E-state index in [-0.39, 0.29) is 6.04 Å².